The summed E-state index contributed by atoms with van der Waals surface area (Å²) < 4.78 is 23.4. The Morgan fingerprint density at radius 3 is 2.42 bits per heavy atom. The Morgan fingerprint density at radius 1 is 0.939 bits per heavy atom. The van der Waals surface area contributed by atoms with Gasteiger partial charge in [-0.2, -0.15) is 0 Å². The Balaban J connectivity index is 1.58. The summed E-state index contributed by atoms with van der Waals surface area (Å²) in [6, 6.07) is 12.1. The van der Waals surface area contributed by atoms with Crippen molar-refractivity contribution in [2.45, 2.75) is 64.7 Å². The van der Waals surface area contributed by atoms with Crippen LogP contribution in [-0.4, -0.2) is 32.8 Å². The van der Waals surface area contributed by atoms with Crippen molar-refractivity contribution in [1.82, 2.24) is 0 Å². The normalized spacial score (nSPS) is 16.5. The number of benzene rings is 2. The zero-order valence-corrected chi connectivity index (χ0v) is 20.0. The Morgan fingerprint density at radius 2 is 1.70 bits per heavy atom. The van der Waals surface area contributed by atoms with Gasteiger partial charge in [-0.3, -0.25) is 4.79 Å². The zero-order valence-electron chi connectivity index (χ0n) is 20.0. The maximum Gasteiger partial charge on any atom is 0.292 e. The predicted octanol–water partition coefficient (Wildman–Crippen LogP) is 5.35. The Kier molecular flexibility index (Phi) is 7.56. The van der Waals surface area contributed by atoms with E-state index >= 15 is 0 Å². The molecule has 0 bridgehead atoms. The van der Waals surface area contributed by atoms with Crippen LogP contribution in [0, 0.1) is 0 Å². The highest BCUT2D eigenvalue weighted by Gasteiger charge is 2.56. The molecule has 0 saturated carbocycles. The van der Waals surface area contributed by atoms with Crippen LogP contribution in [-0.2, 0) is 33.0 Å². The van der Waals surface area contributed by atoms with Crippen molar-refractivity contribution < 1.29 is 23.7 Å². The smallest absolute Gasteiger partial charge is 0.292 e. The molecule has 1 amide bonds. The molecule has 0 radical (unpaired) electrons. The summed E-state index contributed by atoms with van der Waals surface area (Å²) in [5.74, 6) is -0.0791. The summed E-state index contributed by atoms with van der Waals surface area (Å²) in [5.41, 5.74) is 3.83. The van der Waals surface area contributed by atoms with Crippen molar-refractivity contribution in [3.05, 3.63) is 53.1 Å². The fraction of sp³-hybridized carbons (Fsp3) is 0.519. The number of rotatable bonds is 11. The van der Waals surface area contributed by atoms with Crippen molar-refractivity contribution >= 4 is 11.6 Å². The molecule has 2 heterocycles. The molecule has 1 saturated heterocycles. The molecule has 6 nitrogen and oxygen atoms in total. The van der Waals surface area contributed by atoms with Crippen molar-refractivity contribution in [3.8, 4) is 11.5 Å². The van der Waals surface area contributed by atoms with Gasteiger partial charge < -0.3 is 23.8 Å². The van der Waals surface area contributed by atoms with E-state index in [-0.39, 0.29) is 5.91 Å². The van der Waals surface area contributed by atoms with Crippen LogP contribution in [0.25, 0.3) is 0 Å². The number of fused-ring (bicyclic) bond motifs is 2. The number of hydrogen-bond acceptors (Lipinski definition) is 5. The second kappa shape index (κ2) is 10.6. The minimum Gasteiger partial charge on any atom is -0.493 e. The Bertz CT molecular complexity index is 967. The van der Waals surface area contributed by atoms with Crippen LogP contribution in [0.2, 0.25) is 0 Å². The fourth-order valence-electron chi connectivity index (χ4n) is 4.52. The average Bonchev–Trinajstić information content (AvgIpc) is 3.42. The number of carbonyl (C=O) groups excluding carboxylic acids is 1. The summed E-state index contributed by atoms with van der Waals surface area (Å²) >= 11 is 0. The summed E-state index contributed by atoms with van der Waals surface area (Å²) in [5, 5.41) is 0. The first kappa shape index (κ1) is 23.6. The van der Waals surface area contributed by atoms with Gasteiger partial charge in [-0.05, 0) is 54.7 Å². The van der Waals surface area contributed by atoms with Crippen LogP contribution in [0.15, 0.2) is 36.4 Å². The van der Waals surface area contributed by atoms with Crippen LogP contribution in [0.1, 0.15) is 62.6 Å². The van der Waals surface area contributed by atoms with Gasteiger partial charge in [0, 0.05) is 5.56 Å². The summed E-state index contributed by atoms with van der Waals surface area (Å²) in [7, 11) is 1.64. The van der Waals surface area contributed by atoms with Crippen molar-refractivity contribution in [2.24, 2.45) is 0 Å². The quantitative estimate of drug-likeness (QED) is 0.429. The zero-order chi connectivity index (χ0) is 23.3. The number of ether oxygens (including phenoxy) is 4. The molecule has 0 aliphatic carbocycles. The number of unbranched alkanes of at least 4 members (excludes halogenated alkanes) is 3. The molecule has 2 aliphatic heterocycles. The van der Waals surface area contributed by atoms with Gasteiger partial charge in [-0.25, -0.2) is 0 Å². The number of aryl methyl sites for hydroxylation is 1. The second-order valence-electron chi connectivity index (χ2n) is 8.70. The maximum absolute atomic E-state index is 13.6. The lowest BCUT2D eigenvalue weighted by Gasteiger charge is -2.22. The van der Waals surface area contributed by atoms with Crippen LogP contribution in [0.4, 0.5) is 5.69 Å². The summed E-state index contributed by atoms with van der Waals surface area (Å²) in [6.45, 7) is 6.25. The fourth-order valence-corrected chi connectivity index (χ4v) is 4.52. The van der Waals surface area contributed by atoms with Crippen molar-refractivity contribution in [1.29, 1.82) is 0 Å². The number of anilines is 1. The first-order chi connectivity index (χ1) is 16.1. The van der Waals surface area contributed by atoms with E-state index in [1.165, 1.54) is 5.56 Å². The highest BCUT2D eigenvalue weighted by molar-refractivity contribution is 6.06. The van der Waals surface area contributed by atoms with Gasteiger partial charge in [-0.1, -0.05) is 45.2 Å². The molecule has 33 heavy (non-hydrogen) atoms. The molecule has 0 N–H and O–H groups in total. The molecule has 4 rings (SSSR count). The summed E-state index contributed by atoms with van der Waals surface area (Å²) in [6.07, 6.45) is 6.52. The number of nitrogens with zero attached hydrogens (tertiary/aromatic N) is 1. The minimum atomic E-state index is -1.32. The highest BCUT2D eigenvalue weighted by Crippen LogP contribution is 2.47. The molecule has 0 aromatic heterocycles. The van der Waals surface area contributed by atoms with Gasteiger partial charge in [-0.15, -0.1) is 0 Å². The van der Waals surface area contributed by atoms with Gasteiger partial charge in [0.2, 0.25) is 0 Å². The van der Waals surface area contributed by atoms with Crippen molar-refractivity contribution in [2.75, 3.05) is 31.8 Å². The van der Waals surface area contributed by atoms with Crippen LogP contribution in [0.3, 0.4) is 0 Å². The summed E-state index contributed by atoms with van der Waals surface area (Å²) in [4.78, 5) is 15.3. The SMILES string of the molecule is CCCCCOc1ccc(CN2C(=O)C3(OCCO3)c3cc(CCCC)ccc32)cc1OC. The van der Waals surface area contributed by atoms with Gasteiger partial charge in [0.25, 0.3) is 11.7 Å². The van der Waals surface area contributed by atoms with E-state index in [1.54, 1.807) is 12.0 Å². The average molecular weight is 454 g/mol. The molecule has 178 valence electrons. The lowest BCUT2D eigenvalue weighted by atomic mass is 10.0. The topological polar surface area (TPSA) is 57.2 Å². The molecule has 2 aliphatic rings. The van der Waals surface area contributed by atoms with Gasteiger partial charge in [0.15, 0.2) is 11.5 Å². The second-order valence-corrected chi connectivity index (χ2v) is 8.70. The molecule has 0 atom stereocenters. The molecule has 2 aromatic rings. The first-order valence-corrected chi connectivity index (χ1v) is 12.2. The van der Waals surface area contributed by atoms with Gasteiger partial charge >= 0.3 is 0 Å². The van der Waals surface area contributed by atoms with E-state index < -0.39 is 5.79 Å². The van der Waals surface area contributed by atoms with E-state index in [4.69, 9.17) is 18.9 Å². The molecule has 0 unspecified atom stereocenters. The predicted molar refractivity (Wildman–Crippen MR) is 128 cm³/mol. The Hall–Kier alpha value is -2.57. The molecule has 2 aromatic carbocycles. The highest BCUT2D eigenvalue weighted by atomic mass is 16.7. The molecule has 1 spiro atoms. The third-order valence-electron chi connectivity index (χ3n) is 6.32. The number of amides is 1. The first-order valence-electron chi connectivity index (χ1n) is 12.2. The number of hydrogen-bond donors (Lipinski definition) is 0. The third kappa shape index (κ3) is 4.73. The molecule has 1 fully saturated rings. The third-order valence-corrected chi connectivity index (χ3v) is 6.32. The molecular weight excluding hydrogens is 418 g/mol. The van der Waals surface area contributed by atoms with E-state index in [2.05, 4.69) is 26.0 Å². The molecular formula is C27H35NO5. The van der Waals surface area contributed by atoms with E-state index in [1.807, 2.05) is 24.3 Å². The number of methoxy groups -OCH3 is 1. The van der Waals surface area contributed by atoms with Crippen LogP contribution in [0.5, 0.6) is 11.5 Å². The monoisotopic (exact) mass is 453 g/mol. The van der Waals surface area contributed by atoms with Crippen LogP contribution >= 0.6 is 0 Å². The number of carbonyl (C=O) groups is 1. The van der Waals surface area contributed by atoms with E-state index in [9.17, 15) is 4.79 Å². The molecule has 6 heteroatoms. The lowest BCUT2D eigenvalue weighted by molar-refractivity contribution is -0.180. The largest absolute Gasteiger partial charge is 0.493 e. The van der Waals surface area contributed by atoms with Gasteiger partial charge in [0.1, 0.15) is 0 Å². The Labute approximate surface area is 196 Å². The van der Waals surface area contributed by atoms with Crippen molar-refractivity contribution in [3.63, 3.8) is 0 Å². The van der Waals surface area contributed by atoms with Crippen LogP contribution < -0.4 is 14.4 Å². The van der Waals surface area contributed by atoms with Gasteiger partial charge in [0.05, 0.1) is 39.2 Å². The minimum absolute atomic E-state index is 0.165. The van der Waals surface area contributed by atoms with E-state index in [0.717, 1.165) is 61.1 Å². The maximum atomic E-state index is 13.6. The lowest BCUT2D eigenvalue weighted by Crippen LogP contribution is -2.40. The van der Waals surface area contributed by atoms with E-state index in [0.29, 0.717) is 32.1 Å². The standard InChI is InChI=1S/C27H35NO5/c1-4-6-8-14-31-24-13-11-21(18-25(24)30-3)19-28-23-12-10-20(9-7-5-2)17-22(23)27(26(28)29)32-15-16-33-27/h10-13,17-18H,4-9,14-16,19H2,1-3H3.